The number of nitrogens with one attached hydrogen (secondary N) is 1. The Labute approximate surface area is 90.1 Å². The molecule has 1 aliphatic rings. The van der Waals surface area contributed by atoms with Crippen molar-refractivity contribution in [2.75, 3.05) is 19.7 Å². The average molecular weight is 207 g/mol. The SMILES string of the molecule is Cc1nccnc1OC[C@H]1CCCNC1. The predicted octanol–water partition coefficient (Wildman–Crippen LogP) is 1.16. The van der Waals surface area contributed by atoms with Gasteiger partial charge in [0.1, 0.15) is 0 Å². The number of nitrogens with zero attached hydrogens (tertiary/aromatic N) is 2. The zero-order valence-corrected chi connectivity index (χ0v) is 9.07. The Bertz CT molecular complexity index is 310. The summed E-state index contributed by atoms with van der Waals surface area (Å²) >= 11 is 0. The van der Waals surface area contributed by atoms with Crippen molar-refractivity contribution >= 4 is 0 Å². The topological polar surface area (TPSA) is 47.0 Å². The molecule has 0 aromatic carbocycles. The summed E-state index contributed by atoms with van der Waals surface area (Å²) in [5, 5.41) is 3.37. The first-order valence-electron chi connectivity index (χ1n) is 5.47. The third kappa shape index (κ3) is 2.89. The first kappa shape index (κ1) is 10.4. The largest absolute Gasteiger partial charge is 0.476 e. The Hall–Kier alpha value is -1.16. The number of aryl methyl sites for hydroxylation is 1. The van der Waals surface area contributed by atoms with Crippen molar-refractivity contribution in [2.24, 2.45) is 5.92 Å². The second-order valence-corrected chi connectivity index (χ2v) is 3.97. The molecule has 15 heavy (non-hydrogen) atoms. The number of piperidine rings is 1. The Morgan fingerprint density at radius 2 is 2.33 bits per heavy atom. The molecule has 1 N–H and O–H groups in total. The number of hydrogen-bond acceptors (Lipinski definition) is 4. The lowest BCUT2D eigenvalue weighted by atomic mass is 10.0. The van der Waals surface area contributed by atoms with Gasteiger partial charge in [-0.2, -0.15) is 0 Å². The highest BCUT2D eigenvalue weighted by Gasteiger charge is 2.14. The molecule has 4 heteroatoms. The van der Waals surface area contributed by atoms with E-state index in [4.69, 9.17) is 4.74 Å². The van der Waals surface area contributed by atoms with E-state index in [2.05, 4.69) is 15.3 Å². The van der Waals surface area contributed by atoms with Gasteiger partial charge < -0.3 is 10.1 Å². The van der Waals surface area contributed by atoms with Gasteiger partial charge >= 0.3 is 0 Å². The molecule has 1 aliphatic heterocycles. The van der Waals surface area contributed by atoms with Crippen molar-refractivity contribution < 1.29 is 4.74 Å². The maximum Gasteiger partial charge on any atom is 0.235 e. The van der Waals surface area contributed by atoms with Gasteiger partial charge in [0.25, 0.3) is 0 Å². The van der Waals surface area contributed by atoms with Crippen molar-refractivity contribution in [3.05, 3.63) is 18.1 Å². The summed E-state index contributed by atoms with van der Waals surface area (Å²) in [6, 6.07) is 0. The number of aromatic nitrogens is 2. The number of hydrogen-bond donors (Lipinski definition) is 1. The summed E-state index contributed by atoms with van der Waals surface area (Å²) in [6.45, 7) is 4.86. The lowest BCUT2D eigenvalue weighted by Crippen LogP contribution is -2.33. The second-order valence-electron chi connectivity index (χ2n) is 3.97. The molecule has 2 heterocycles. The minimum absolute atomic E-state index is 0.611. The van der Waals surface area contributed by atoms with Crippen LogP contribution in [-0.4, -0.2) is 29.7 Å². The van der Waals surface area contributed by atoms with Crippen molar-refractivity contribution in [3.8, 4) is 5.88 Å². The Balaban J connectivity index is 1.84. The maximum atomic E-state index is 5.66. The number of ether oxygens (including phenoxy) is 1. The van der Waals surface area contributed by atoms with Gasteiger partial charge in [0.15, 0.2) is 0 Å². The normalized spacial score (nSPS) is 21.3. The van der Waals surface area contributed by atoms with Crippen LogP contribution in [0.15, 0.2) is 12.4 Å². The zero-order chi connectivity index (χ0) is 10.5. The van der Waals surface area contributed by atoms with E-state index in [-0.39, 0.29) is 0 Å². The molecule has 0 amide bonds. The van der Waals surface area contributed by atoms with Crippen LogP contribution in [0.25, 0.3) is 0 Å². The van der Waals surface area contributed by atoms with Crippen molar-refractivity contribution in [3.63, 3.8) is 0 Å². The van der Waals surface area contributed by atoms with Gasteiger partial charge in [-0.15, -0.1) is 0 Å². The second kappa shape index (κ2) is 5.07. The molecule has 4 nitrogen and oxygen atoms in total. The quantitative estimate of drug-likeness (QED) is 0.808. The van der Waals surface area contributed by atoms with Crippen LogP contribution >= 0.6 is 0 Å². The molecule has 1 saturated heterocycles. The van der Waals surface area contributed by atoms with E-state index < -0.39 is 0 Å². The standard InChI is InChI=1S/C11H17N3O/c1-9-11(14-6-5-13-9)15-8-10-3-2-4-12-7-10/h5-6,10,12H,2-4,7-8H2,1H3/t10-/m0/s1. The fourth-order valence-corrected chi connectivity index (χ4v) is 1.80. The van der Waals surface area contributed by atoms with Gasteiger partial charge in [0.2, 0.25) is 5.88 Å². The highest BCUT2D eigenvalue weighted by molar-refractivity contribution is 5.14. The van der Waals surface area contributed by atoms with Gasteiger partial charge in [-0.1, -0.05) is 0 Å². The van der Waals surface area contributed by atoms with Crippen LogP contribution in [-0.2, 0) is 0 Å². The van der Waals surface area contributed by atoms with Crippen molar-refractivity contribution in [1.29, 1.82) is 0 Å². The Kier molecular flexibility index (Phi) is 3.50. The van der Waals surface area contributed by atoms with Crippen molar-refractivity contribution in [1.82, 2.24) is 15.3 Å². The van der Waals surface area contributed by atoms with Gasteiger partial charge in [0, 0.05) is 24.9 Å². The lowest BCUT2D eigenvalue weighted by molar-refractivity contribution is 0.210. The fourth-order valence-electron chi connectivity index (χ4n) is 1.80. The van der Waals surface area contributed by atoms with Gasteiger partial charge in [-0.25, -0.2) is 4.98 Å². The molecule has 1 fully saturated rings. The molecule has 82 valence electrons. The molecule has 2 rings (SSSR count). The molecule has 0 unspecified atom stereocenters. The summed E-state index contributed by atoms with van der Waals surface area (Å²) < 4.78 is 5.66. The minimum Gasteiger partial charge on any atom is -0.476 e. The van der Waals surface area contributed by atoms with Gasteiger partial charge in [0.05, 0.1) is 12.3 Å². The van der Waals surface area contributed by atoms with E-state index in [0.717, 1.165) is 25.4 Å². The molecule has 1 aromatic rings. The van der Waals surface area contributed by atoms with E-state index in [1.54, 1.807) is 12.4 Å². The van der Waals surface area contributed by atoms with Crippen LogP contribution < -0.4 is 10.1 Å². The summed E-state index contributed by atoms with van der Waals surface area (Å²) in [5.74, 6) is 1.28. The van der Waals surface area contributed by atoms with Gasteiger partial charge in [-0.05, 0) is 26.3 Å². The summed E-state index contributed by atoms with van der Waals surface area (Å²) in [4.78, 5) is 8.30. The Morgan fingerprint density at radius 3 is 3.07 bits per heavy atom. The average Bonchev–Trinajstić information content (AvgIpc) is 2.29. The molecular weight excluding hydrogens is 190 g/mol. The lowest BCUT2D eigenvalue weighted by Gasteiger charge is -2.22. The highest BCUT2D eigenvalue weighted by atomic mass is 16.5. The zero-order valence-electron chi connectivity index (χ0n) is 9.07. The summed E-state index contributed by atoms with van der Waals surface area (Å²) in [7, 11) is 0. The van der Waals surface area contributed by atoms with Crippen LogP contribution in [0.1, 0.15) is 18.5 Å². The minimum atomic E-state index is 0.611. The van der Waals surface area contributed by atoms with Crippen LogP contribution in [0.2, 0.25) is 0 Å². The first-order valence-corrected chi connectivity index (χ1v) is 5.47. The fraction of sp³-hybridized carbons (Fsp3) is 0.636. The summed E-state index contributed by atoms with van der Waals surface area (Å²) in [5.41, 5.74) is 0.862. The first-order chi connectivity index (χ1) is 7.36. The van der Waals surface area contributed by atoms with Crippen molar-refractivity contribution in [2.45, 2.75) is 19.8 Å². The smallest absolute Gasteiger partial charge is 0.235 e. The predicted molar refractivity (Wildman–Crippen MR) is 57.9 cm³/mol. The molecule has 0 spiro atoms. The van der Waals surface area contributed by atoms with E-state index in [9.17, 15) is 0 Å². The maximum absolute atomic E-state index is 5.66. The van der Waals surface area contributed by atoms with E-state index in [1.165, 1.54) is 12.8 Å². The molecule has 1 aromatic heterocycles. The van der Waals surface area contributed by atoms with Crippen LogP contribution in [0.3, 0.4) is 0 Å². The van der Waals surface area contributed by atoms with Crippen LogP contribution in [0.5, 0.6) is 5.88 Å². The monoisotopic (exact) mass is 207 g/mol. The third-order valence-electron chi connectivity index (χ3n) is 2.69. The van der Waals surface area contributed by atoms with E-state index in [0.29, 0.717) is 11.8 Å². The molecule has 0 saturated carbocycles. The Morgan fingerprint density at radius 1 is 1.47 bits per heavy atom. The number of rotatable bonds is 3. The third-order valence-corrected chi connectivity index (χ3v) is 2.69. The summed E-state index contributed by atoms with van der Waals surface area (Å²) in [6.07, 6.45) is 5.84. The molecule has 0 radical (unpaired) electrons. The van der Waals surface area contributed by atoms with Crippen LogP contribution in [0, 0.1) is 12.8 Å². The van der Waals surface area contributed by atoms with E-state index >= 15 is 0 Å². The molecule has 0 bridgehead atoms. The highest BCUT2D eigenvalue weighted by Crippen LogP contribution is 2.14. The van der Waals surface area contributed by atoms with Crippen LogP contribution in [0.4, 0.5) is 0 Å². The van der Waals surface area contributed by atoms with E-state index in [1.807, 2.05) is 6.92 Å². The molecule has 1 atom stereocenters. The van der Waals surface area contributed by atoms with Gasteiger partial charge in [-0.3, -0.25) is 4.98 Å². The molecule has 0 aliphatic carbocycles. The molecular formula is C11H17N3O.